The van der Waals surface area contributed by atoms with Gasteiger partial charge in [0.25, 0.3) is 0 Å². The van der Waals surface area contributed by atoms with Crippen LogP contribution in [0.4, 0.5) is 4.39 Å². The van der Waals surface area contributed by atoms with Crippen LogP contribution in [0, 0.1) is 11.7 Å². The molecule has 1 saturated heterocycles. The van der Waals surface area contributed by atoms with Gasteiger partial charge in [-0.25, -0.2) is 4.39 Å². The summed E-state index contributed by atoms with van der Waals surface area (Å²) in [6.07, 6.45) is 1.18. The first-order chi connectivity index (χ1) is 9.11. The molecule has 1 aromatic carbocycles. The third kappa shape index (κ3) is 3.54. The van der Waals surface area contributed by atoms with E-state index in [1.165, 1.54) is 12.5 Å². The molecule has 1 fully saturated rings. The van der Waals surface area contributed by atoms with E-state index in [2.05, 4.69) is 31.0 Å². The van der Waals surface area contributed by atoms with Crippen LogP contribution in [0.3, 0.4) is 0 Å². The van der Waals surface area contributed by atoms with Crippen LogP contribution in [-0.2, 0) is 6.54 Å². The second-order valence-electron chi connectivity index (χ2n) is 5.65. The largest absolute Gasteiger partial charge is 0.314 e. The summed E-state index contributed by atoms with van der Waals surface area (Å²) in [5, 5.41) is 3.57. The summed E-state index contributed by atoms with van der Waals surface area (Å²) in [5.41, 5.74) is 1.07. The Bertz CT molecular complexity index is 407. The molecule has 19 heavy (non-hydrogen) atoms. The van der Waals surface area contributed by atoms with Crippen molar-refractivity contribution >= 4 is 0 Å². The fourth-order valence-electron chi connectivity index (χ4n) is 3.08. The van der Waals surface area contributed by atoms with Gasteiger partial charge in [-0.3, -0.25) is 4.90 Å². The van der Waals surface area contributed by atoms with E-state index in [0.29, 0.717) is 18.0 Å². The van der Waals surface area contributed by atoms with Crippen LogP contribution < -0.4 is 5.32 Å². The molecule has 1 aliphatic rings. The van der Waals surface area contributed by atoms with Crippen molar-refractivity contribution in [1.29, 1.82) is 0 Å². The molecule has 3 heteroatoms. The van der Waals surface area contributed by atoms with E-state index in [4.69, 9.17) is 0 Å². The van der Waals surface area contributed by atoms with Gasteiger partial charge in [0.2, 0.25) is 0 Å². The van der Waals surface area contributed by atoms with Gasteiger partial charge in [0, 0.05) is 25.2 Å². The molecule has 0 radical (unpaired) electrons. The van der Waals surface area contributed by atoms with E-state index >= 15 is 0 Å². The average Bonchev–Trinajstić information content (AvgIpc) is 2.39. The molecule has 0 amide bonds. The molecule has 0 spiro atoms. The molecule has 2 nitrogen and oxygen atoms in total. The summed E-state index contributed by atoms with van der Waals surface area (Å²) in [7, 11) is 0. The lowest BCUT2D eigenvalue weighted by atomic mass is 9.86. The maximum Gasteiger partial charge on any atom is 0.123 e. The van der Waals surface area contributed by atoms with Gasteiger partial charge in [-0.2, -0.15) is 0 Å². The van der Waals surface area contributed by atoms with Crippen molar-refractivity contribution in [3.05, 3.63) is 35.6 Å². The number of piperidine rings is 1. The molecule has 1 N–H and O–H groups in total. The zero-order valence-electron chi connectivity index (χ0n) is 12.2. The molecule has 0 saturated carbocycles. The van der Waals surface area contributed by atoms with Gasteiger partial charge in [0.15, 0.2) is 0 Å². The van der Waals surface area contributed by atoms with E-state index in [1.807, 2.05) is 6.07 Å². The van der Waals surface area contributed by atoms with Crippen molar-refractivity contribution in [2.75, 3.05) is 13.1 Å². The van der Waals surface area contributed by atoms with Crippen molar-refractivity contribution in [3.63, 3.8) is 0 Å². The summed E-state index contributed by atoms with van der Waals surface area (Å²) >= 11 is 0. The molecule has 2 rings (SSSR count). The normalized spacial score (nSPS) is 28.5. The molecule has 3 unspecified atom stereocenters. The van der Waals surface area contributed by atoms with Crippen LogP contribution in [-0.4, -0.2) is 30.1 Å². The SMILES string of the molecule is CCNC1CCN(Cc2cccc(F)c2)C(C)C1C. The van der Waals surface area contributed by atoms with Crippen LogP contribution in [0.15, 0.2) is 24.3 Å². The number of rotatable bonds is 4. The highest BCUT2D eigenvalue weighted by Crippen LogP contribution is 2.25. The second kappa shape index (κ2) is 6.49. The molecule has 106 valence electrons. The van der Waals surface area contributed by atoms with E-state index in [1.54, 1.807) is 12.1 Å². The van der Waals surface area contributed by atoms with Crippen LogP contribution in [0.5, 0.6) is 0 Å². The van der Waals surface area contributed by atoms with Crippen molar-refractivity contribution in [2.45, 2.75) is 45.8 Å². The average molecular weight is 264 g/mol. The minimum Gasteiger partial charge on any atom is -0.314 e. The lowest BCUT2D eigenvalue weighted by molar-refractivity contribution is 0.0789. The maximum atomic E-state index is 13.2. The Morgan fingerprint density at radius 1 is 1.37 bits per heavy atom. The van der Waals surface area contributed by atoms with E-state index in [-0.39, 0.29) is 5.82 Å². The number of hydrogen-bond donors (Lipinski definition) is 1. The third-order valence-electron chi connectivity index (χ3n) is 4.44. The Morgan fingerprint density at radius 2 is 2.16 bits per heavy atom. The summed E-state index contributed by atoms with van der Waals surface area (Å²) < 4.78 is 13.2. The molecule has 3 atom stereocenters. The maximum absolute atomic E-state index is 13.2. The molecule has 1 aliphatic heterocycles. The van der Waals surface area contributed by atoms with E-state index in [0.717, 1.165) is 25.2 Å². The fourth-order valence-corrected chi connectivity index (χ4v) is 3.08. The molecular weight excluding hydrogens is 239 g/mol. The van der Waals surface area contributed by atoms with Gasteiger partial charge in [0.05, 0.1) is 0 Å². The van der Waals surface area contributed by atoms with Gasteiger partial charge in [-0.15, -0.1) is 0 Å². The Labute approximate surface area is 116 Å². The Kier molecular flexibility index (Phi) is 4.94. The van der Waals surface area contributed by atoms with Crippen LogP contribution in [0.1, 0.15) is 32.8 Å². The zero-order chi connectivity index (χ0) is 13.8. The van der Waals surface area contributed by atoms with Gasteiger partial charge < -0.3 is 5.32 Å². The first-order valence-corrected chi connectivity index (χ1v) is 7.33. The highest BCUT2D eigenvalue weighted by atomic mass is 19.1. The fraction of sp³-hybridized carbons (Fsp3) is 0.625. The van der Waals surface area contributed by atoms with Crippen molar-refractivity contribution in [3.8, 4) is 0 Å². The molecule has 1 aromatic rings. The number of halogens is 1. The lowest BCUT2D eigenvalue weighted by Crippen LogP contribution is -2.52. The molecule has 1 heterocycles. The van der Waals surface area contributed by atoms with Crippen molar-refractivity contribution in [2.24, 2.45) is 5.92 Å². The summed E-state index contributed by atoms with van der Waals surface area (Å²) in [6.45, 7) is 9.73. The first kappa shape index (κ1) is 14.5. The quantitative estimate of drug-likeness (QED) is 0.899. The van der Waals surface area contributed by atoms with Crippen LogP contribution in [0.25, 0.3) is 0 Å². The van der Waals surface area contributed by atoms with Gasteiger partial charge in [0.1, 0.15) is 5.82 Å². The zero-order valence-corrected chi connectivity index (χ0v) is 12.2. The van der Waals surface area contributed by atoms with Crippen LogP contribution in [0.2, 0.25) is 0 Å². The van der Waals surface area contributed by atoms with Crippen molar-refractivity contribution < 1.29 is 4.39 Å². The number of likely N-dealkylation sites (tertiary alicyclic amines) is 1. The third-order valence-corrected chi connectivity index (χ3v) is 4.44. The summed E-state index contributed by atoms with van der Waals surface area (Å²) in [6, 6.07) is 8.10. The van der Waals surface area contributed by atoms with Gasteiger partial charge >= 0.3 is 0 Å². The Morgan fingerprint density at radius 3 is 2.84 bits per heavy atom. The topological polar surface area (TPSA) is 15.3 Å². The first-order valence-electron chi connectivity index (χ1n) is 7.33. The van der Waals surface area contributed by atoms with Crippen LogP contribution >= 0.6 is 0 Å². The molecular formula is C16H25FN2. The monoisotopic (exact) mass is 264 g/mol. The standard InChI is InChI=1S/C16H25FN2/c1-4-18-16-8-9-19(13(3)12(16)2)11-14-6-5-7-15(17)10-14/h5-7,10,12-13,16,18H,4,8-9,11H2,1-3H3. The lowest BCUT2D eigenvalue weighted by Gasteiger charge is -2.43. The summed E-state index contributed by atoms with van der Waals surface area (Å²) in [4.78, 5) is 2.47. The van der Waals surface area contributed by atoms with Crippen molar-refractivity contribution in [1.82, 2.24) is 10.2 Å². The minimum atomic E-state index is -0.138. The molecule has 0 aromatic heterocycles. The van der Waals surface area contributed by atoms with E-state index < -0.39 is 0 Å². The predicted molar refractivity (Wildman–Crippen MR) is 77.5 cm³/mol. The number of nitrogens with zero attached hydrogens (tertiary/aromatic N) is 1. The Balaban J connectivity index is 1.99. The smallest absolute Gasteiger partial charge is 0.123 e. The highest BCUT2D eigenvalue weighted by molar-refractivity contribution is 5.16. The van der Waals surface area contributed by atoms with Gasteiger partial charge in [-0.05, 0) is 43.5 Å². The highest BCUT2D eigenvalue weighted by Gasteiger charge is 2.31. The number of hydrogen-bond acceptors (Lipinski definition) is 2. The van der Waals surface area contributed by atoms with E-state index in [9.17, 15) is 4.39 Å². The Hall–Kier alpha value is -0.930. The predicted octanol–water partition coefficient (Wildman–Crippen LogP) is 3.03. The second-order valence-corrected chi connectivity index (χ2v) is 5.65. The molecule has 0 aliphatic carbocycles. The summed E-state index contributed by atoms with van der Waals surface area (Å²) in [5.74, 6) is 0.489. The van der Waals surface area contributed by atoms with Gasteiger partial charge in [-0.1, -0.05) is 26.0 Å². The minimum absolute atomic E-state index is 0.138. The molecule has 0 bridgehead atoms. The number of benzene rings is 1. The number of nitrogens with one attached hydrogen (secondary N) is 1.